The monoisotopic (exact) mass is 353 g/mol. The van der Waals surface area contributed by atoms with E-state index in [9.17, 15) is 9.59 Å². The van der Waals surface area contributed by atoms with Gasteiger partial charge < -0.3 is 29.0 Å². The van der Waals surface area contributed by atoms with Crippen molar-refractivity contribution in [3.8, 4) is 17.2 Å². The predicted molar refractivity (Wildman–Crippen MR) is 88.4 cm³/mol. The third-order valence-electron chi connectivity index (χ3n) is 4.04. The maximum Gasteiger partial charge on any atom is 0.305 e. The van der Waals surface area contributed by atoms with E-state index in [1.165, 1.54) is 21.3 Å². The average Bonchev–Trinajstić information content (AvgIpc) is 2.60. The van der Waals surface area contributed by atoms with Crippen LogP contribution in [0.15, 0.2) is 12.1 Å². The summed E-state index contributed by atoms with van der Waals surface area (Å²) in [4.78, 5) is 25.2. The van der Waals surface area contributed by atoms with Gasteiger partial charge in [-0.05, 0) is 17.7 Å². The van der Waals surface area contributed by atoms with Crippen molar-refractivity contribution < 1.29 is 33.6 Å². The summed E-state index contributed by atoms with van der Waals surface area (Å²) in [6, 6.07) is 2.97. The molecule has 1 aliphatic heterocycles. The minimum atomic E-state index is -0.957. The van der Waals surface area contributed by atoms with Crippen LogP contribution in [0.1, 0.15) is 12.0 Å². The van der Waals surface area contributed by atoms with Crippen molar-refractivity contribution in [2.75, 3.05) is 41.1 Å². The molecule has 1 aromatic rings. The molecule has 1 N–H and O–H groups in total. The summed E-state index contributed by atoms with van der Waals surface area (Å²) in [6.45, 7) is 1.01. The number of hydrogen-bond donors (Lipinski definition) is 1. The second kappa shape index (κ2) is 8.57. The third kappa shape index (κ3) is 4.54. The number of aliphatic carboxylic acids is 1. The fourth-order valence-corrected chi connectivity index (χ4v) is 2.87. The smallest absolute Gasteiger partial charge is 0.305 e. The zero-order valence-corrected chi connectivity index (χ0v) is 14.6. The second-order valence-electron chi connectivity index (χ2n) is 5.62. The Hall–Kier alpha value is -2.48. The highest BCUT2D eigenvalue weighted by molar-refractivity contribution is 5.80. The Morgan fingerprint density at radius 3 is 2.36 bits per heavy atom. The molecule has 1 aliphatic rings. The van der Waals surface area contributed by atoms with Gasteiger partial charge in [0.05, 0.1) is 53.4 Å². The van der Waals surface area contributed by atoms with Gasteiger partial charge in [0.15, 0.2) is 11.5 Å². The van der Waals surface area contributed by atoms with Crippen LogP contribution in [0, 0.1) is 0 Å². The second-order valence-corrected chi connectivity index (χ2v) is 5.62. The van der Waals surface area contributed by atoms with Gasteiger partial charge in [0.25, 0.3) is 0 Å². The summed E-state index contributed by atoms with van der Waals surface area (Å²) >= 11 is 0. The van der Waals surface area contributed by atoms with Crippen molar-refractivity contribution in [3.63, 3.8) is 0 Å². The molecule has 1 saturated heterocycles. The Balaban J connectivity index is 2.19. The highest BCUT2D eigenvalue weighted by atomic mass is 16.5. The van der Waals surface area contributed by atoms with Crippen LogP contribution >= 0.6 is 0 Å². The van der Waals surface area contributed by atoms with E-state index in [-0.39, 0.29) is 25.4 Å². The van der Waals surface area contributed by atoms with Crippen LogP contribution in [-0.4, -0.2) is 69.0 Å². The molecule has 0 bridgehead atoms. The van der Waals surface area contributed by atoms with E-state index in [4.69, 9.17) is 24.1 Å². The predicted octanol–water partition coefficient (Wildman–Crippen LogP) is 0.957. The van der Waals surface area contributed by atoms with E-state index < -0.39 is 12.0 Å². The number of nitrogens with zero attached hydrogens (tertiary/aromatic N) is 1. The minimum Gasteiger partial charge on any atom is -0.493 e. The number of morpholine rings is 1. The van der Waals surface area contributed by atoms with Gasteiger partial charge >= 0.3 is 5.97 Å². The van der Waals surface area contributed by atoms with Gasteiger partial charge in [0.2, 0.25) is 11.7 Å². The number of benzene rings is 1. The Labute approximate surface area is 146 Å². The lowest BCUT2D eigenvalue weighted by atomic mass is 10.1. The van der Waals surface area contributed by atoms with E-state index in [0.29, 0.717) is 36.0 Å². The number of carbonyl (C=O) groups excluding carboxylic acids is 1. The Kier molecular flexibility index (Phi) is 6.46. The first-order chi connectivity index (χ1) is 12.0. The highest BCUT2D eigenvalue weighted by Gasteiger charge is 2.29. The molecule has 1 aromatic carbocycles. The van der Waals surface area contributed by atoms with Gasteiger partial charge in [0, 0.05) is 6.54 Å². The number of hydrogen-bond acceptors (Lipinski definition) is 6. The molecule has 25 heavy (non-hydrogen) atoms. The van der Waals surface area contributed by atoms with Gasteiger partial charge in [-0.3, -0.25) is 9.59 Å². The van der Waals surface area contributed by atoms with Crippen molar-refractivity contribution in [1.29, 1.82) is 0 Å². The number of amides is 1. The zero-order valence-electron chi connectivity index (χ0n) is 14.6. The van der Waals surface area contributed by atoms with Crippen molar-refractivity contribution in [2.24, 2.45) is 0 Å². The van der Waals surface area contributed by atoms with Crippen molar-refractivity contribution >= 4 is 11.9 Å². The Morgan fingerprint density at radius 1 is 1.20 bits per heavy atom. The molecule has 0 saturated carbocycles. The van der Waals surface area contributed by atoms with Crippen LogP contribution in [0.2, 0.25) is 0 Å². The lowest BCUT2D eigenvalue weighted by Gasteiger charge is -2.35. The normalized spacial score (nSPS) is 17.1. The maximum atomic E-state index is 12.7. The van der Waals surface area contributed by atoms with Gasteiger partial charge in [-0.1, -0.05) is 0 Å². The first kappa shape index (κ1) is 18.9. The van der Waals surface area contributed by atoms with Crippen molar-refractivity contribution in [3.05, 3.63) is 17.7 Å². The average molecular weight is 353 g/mol. The summed E-state index contributed by atoms with van der Waals surface area (Å²) in [6.07, 6.45) is -0.0339. The number of carboxylic acids is 1. The van der Waals surface area contributed by atoms with Gasteiger partial charge in [-0.25, -0.2) is 0 Å². The lowest BCUT2D eigenvalue weighted by molar-refractivity contribution is -0.145. The molecule has 1 fully saturated rings. The Morgan fingerprint density at radius 2 is 1.84 bits per heavy atom. The lowest BCUT2D eigenvalue weighted by Crippen LogP contribution is -2.50. The molecule has 0 radical (unpaired) electrons. The quantitative estimate of drug-likeness (QED) is 0.780. The number of methoxy groups -OCH3 is 3. The van der Waals surface area contributed by atoms with Crippen LogP contribution in [0.5, 0.6) is 17.2 Å². The molecule has 0 aliphatic carbocycles. The first-order valence-electron chi connectivity index (χ1n) is 7.88. The van der Waals surface area contributed by atoms with Crippen molar-refractivity contribution in [1.82, 2.24) is 4.90 Å². The van der Waals surface area contributed by atoms with E-state index >= 15 is 0 Å². The molecule has 1 amide bonds. The number of carboxylic acid groups (broad SMARTS) is 1. The zero-order chi connectivity index (χ0) is 18.4. The fraction of sp³-hybridized carbons (Fsp3) is 0.529. The van der Waals surface area contributed by atoms with Crippen molar-refractivity contribution in [2.45, 2.75) is 18.9 Å². The summed E-state index contributed by atoms with van der Waals surface area (Å²) in [5.74, 6) is 0.267. The van der Waals surface area contributed by atoms with E-state index in [2.05, 4.69) is 0 Å². The molecule has 1 heterocycles. The van der Waals surface area contributed by atoms with Crippen LogP contribution in [0.3, 0.4) is 0 Å². The molecule has 2 rings (SSSR count). The molecule has 8 nitrogen and oxygen atoms in total. The number of carbonyl (C=O) groups is 2. The molecule has 8 heteroatoms. The third-order valence-corrected chi connectivity index (χ3v) is 4.04. The Bertz CT molecular complexity index is 606. The SMILES string of the molecule is COc1cc(CC(=O)N2CCOCC2CC(=O)O)cc(OC)c1OC. The van der Waals surface area contributed by atoms with Crippen LogP contribution in [-0.2, 0) is 20.7 Å². The molecule has 1 atom stereocenters. The molecule has 0 spiro atoms. The minimum absolute atomic E-state index is 0.104. The standard InChI is InChI=1S/C17H23NO7/c1-22-13-6-11(7-14(23-2)17(13)24-3)8-15(19)18-4-5-25-10-12(18)9-16(20)21/h6-7,12H,4-5,8-10H2,1-3H3,(H,20,21). The first-order valence-corrected chi connectivity index (χ1v) is 7.88. The molecule has 138 valence electrons. The van der Waals surface area contributed by atoms with Gasteiger partial charge in [-0.15, -0.1) is 0 Å². The molecular formula is C17H23NO7. The van der Waals surface area contributed by atoms with Crippen LogP contribution in [0.25, 0.3) is 0 Å². The highest BCUT2D eigenvalue weighted by Crippen LogP contribution is 2.38. The maximum absolute atomic E-state index is 12.7. The largest absolute Gasteiger partial charge is 0.493 e. The number of ether oxygens (including phenoxy) is 4. The molecule has 0 aromatic heterocycles. The van der Waals surface area contributed by atoms with Crippen LogP contribution < -0.4 is 14.2 Å². The summed E-state index contributed by atoms with van der Waals surface area (Å²) in [7, 11) is 4.52. The van der Waals surface area contributed by atoms with E-state index in [1.807, 2.05) is 0 Å². The summed E-state index contributed by atoms with van der Waals surface area (Å²) < 4.78 is 21.2. The van der Waals surface area contributed by atoms with Gasteiger partial charge in [-0.2, -0.15) is 0 Å². The number of rotatable bonds is 7. The van der Waals surface area contributed by atoms with E-state index in [1.54, 1.807) is 17.0 Å². The van der Waals surface area contributed by atoms with Gasteiger partial charge in [0.1, 0.15) is 0 Å². The summed E-state index contributed by atoms with van der Waals surface area (Å²) in [5, 5.41) is 9.01. The topological polar surface area (TPSA) is 94.5 Å². The molecular weight excluding hydrogens is 330 g/mol. The fourth-order valence-electron chi connectivity index (χ4n) is 2.87. The molecule has 1 unspecified atom stereocenters. The van der Waals surface area contributed by atoms with Crippen LogP contribution in [0.4, 0.5) is 0 Å². The van der Waals surface area contributed by atoms with E-state index in [0.717, 1.165) is 0 Å². The summed E-state index contributed by atoms with van der Waals surface area (Å²) in [5.41, 5.74) is 0.695.